The summed E-state index contributed by atoms with van der Waals surface area (Å²) in [6, 6.07) is 1.70. The maximum Gasteiger partial charge on any atom is 0.265 e. The Labute approximate surface area is 130 Å². The highest BCUT2D eigenvalue weighted by atomic mass is 79.9. The van der Waals surface area contributed by atoms with Gasteiger partial charge in [0.1, 0.15) is 5.69 Å². The zero-order valence-electron chi connectivity index (χ0n) is 12.0. The third kappa shape index (κ3) is 2.87. The molecule has 0 unspecified atom stereocenters. The van der Waals surface area contributed by atoms with Crippen molar-refractivity contribution in [1.82, 2.24) is 9.55 Å². The standard InChI is InChI=1S/C14H16BrN3O3/c1-8-9(16)6-18(14(19)12(8)15)7-10-13(21-3)11(20-2)4-5-17-10/h4-6H,7,16H2,1-3H3. The van der Waals surface area contributed by atoms with E-state index in [9.17, 15) is 4.79 Å². The van der Waals surface area contributed by atoms with Crippen LogP contribution >= 0.6 is 15.9 Å². The first-order valence-corrected chi connectivity index (χ1v) is 6.99. The van der Waals surface area contributed by atoms with Gasteiger partial charge in [-0.05, 0) is 28.4 Å². The Bertz CT molecular complexity index is 728. The van der Waals surface area contributed by atoms with Crippen LogP contribution in [0.4, 0.5) is 5.69 Å². The van der Waals surface area contributed by atoms with Gasteiger partial charge in [-0.2, -0.15) is 0 Å². The number of hydrogen-bond acceptors (Lipinski definition) is 5. The molecule has 21 heavy (non-hydrogen) atoms. The highest BCUT2D eigenvalue weighted by Crippen LogP contribution is 2.29. The number of ether oxygens (including phenoxy) is 2. The molecule has 0 saturated carbocycles. The Morgan fingerprint density at radius 2 is 2.10 bits per heavy atom. The highest BCUT2D eigenvalue weighted by Gasteiger charge is 2.14. The van der Waals surface area contributed by atoms with E-state index in [2.05, 4.69) is 20.9 Å². The summed E-state index contributed by atoms with van der Waals surface area (Å²) in [5, 5.41) is 0. The smallest absolute Gasteiger partial charge is 0.265 e. The van der Waals surface area contributed by atoms with Gasteiger partial charge in [0.15, 0.2) is 11.5 Å². The van der Waals surface area contributed by atoms with Crippen molar-refractivity contribution >= 4 is 21.6 Å². The van der Waals surface area contributed by atoms with E-state index in [1.54, 1.807) is 32.5 Å². The van der Waals surface area contributed by atoms with E-state index in [1.807, 2.05) is 0 Å². The van der Waals surface area contributed by atoms with Crippen LogP contribution in [-0.2, 0) is 6.54 Å². The number of rotatable bonds is 4. The third-order valence-electron chi connectivity index (χ3n) is 3.19. The first-order chi connectivity index (χ1) is 9.99. The normalized spacial score (nSPS) is 10.5. The third-order valence-corrected chi connectivity index (χ3v) is 4.13. The summed E-state index contributed by atoms with van der Waals surface area (Å²) in [7, 11) is 3.08. The lowest BCUT2D eigenvalue weighted by molar-refractivity contribution is 0.348. The van der Waals surface area contributed by atoms with Crippen LogP contribution in [0.2, 0.25) is 0 Å². The first-order valence-electron chi connectivity index (χ1n) is 6.20. The fourth-order valence-electron chi connectivity index (χ4n) is 1.98. The molecular formula is C14H16BrN3O3. The molecule has 0 aliphatic carbocycles. The quantitative estimate of drug-likeness (QED) is 0.908. The highest BCUT2D eigenvalue weighted by molar-refractivity contribution is 9.10. The van der Waals surface area contributed by atoms with E-state index >= 15 is 0 Å². The van der Waals surface area contributed by atoms with Crippen molar-refractivity contribution in [1.29, 1.82) is 0 Å². The minimum Gasteiger partial charge on any atom is -0.493 e. The van der Waals surface area contributed by atoms with E-state index in [0.29, 0.717) is 27.4 Å². The molecule has 0 fully saturated rings. The van der Waals surface area contributed by atoms with Crippen molar-refractivity contribution in [3.63, 3.8) is 0 Å². The van der Waals surface area contributed by atoms with E-state index in [4.69, 9.17) is 15.2 Å². The number of nitrogens with zero attached hydrogens (tertiary/aromatic N) is 2. The maximum atomic E-state index is 12.3. The zero-order valence-corrected chi connectivity index (χ0v) is 13.6. The van der Waals surface area contributed by atoms with E-state index < -0.39 is 0 Å². The summed E-state index contributed by atoms with van der Waals surface area (Å²) in [5.74, 6) is 1.07. The fraction of sp³-hybridized carbons (Fsp3) is 0.286. The van der Waals surface area contributed by atoms with Gasteiger partial charge in [-0.15, -0.1) is 0 Å². The SMILES string of the molecule is COc1ccnc(Cn2cc(N)c(C)c(Br)c2=O)c1OC. The lowest BCUT2D eigenvalue weighted by Crippen LogP contribution is -2.23. The summed E-state index contributed by atoms with van der Waals surface area (Å²) >= 11 is 3.27. The Hall–Kier alpha value is -2.02. The molecule has 0 amide bonds. The number of nitrogens with two attached hydrogens (primary N) is 1. The average molecular weight is 354 g/mol. The van der Waals surface area contributed by atoms with Crippen LogP contribution in [0.5, 0.6) is 11.5 Å². The minimum atomic E-state index is -0.173. The summed E-state index contributed by atoms with van der Waals surface area (Å²) in [6.45, 7) is 2.03. The van der Waals surface area contributed by atoms with E-state index in [1.165, 1.54) is 11.7 Å². The maximum absolute atomic E-state index is 12.3. The molecule has 0 radical (unpaired) electrons. The minimum absolute atomic E-state index is 0.173. The number of nitrogen functional groups attached to an aromatic ring is 1. The molecular weight excluding hydrogens is 338 g/mol. The van der Waals surface area contributed by atoms with Crippen LogP contribution in [0.15, 0.2) is 27.7 Å². The molecule has 0 spiro atoms. The number of hydrogen-bond donors (Lipinski definition) is 1. The number of anilines is 1. The predicted molar refractivity (Wildman–Crippen MR) is 84.0 cm³/mol. The summed E-state index contributed by atoms with van der Waals surface area (Å²) < 4.78 is 12.5. The molecule has 0 aliphatic heterocycles. The van der Waals surface area contributed by atoms with Gasteiger partial charge >= 0.3 is 0 Å². The molecule has 2 aromatic rings. The van der Waals surface area contributed by atoms with Gasteiger partial charge < -0.3 is 19.8 Å². The number of pyridine rings is 2. The first kappa shape index (κ1) is 15.4. The molecule has 7 heteroatoms. The molecule has 2 aromatic heterocycles. The number of aromatic nitrogens is 2. The van der Waals surface area contributed by atoms with Crippen LogP contribution < -0.4 is 20.8 Å². The fourth-order valence-corrected chi connectivity index (χ4v) is 2.44. The predicted octanol–water partition coefficient (Wildman–Crippen LogP) is 1.96. The van der Waals surface area contributed by atoms with E-state index in [0.717, 1.165) is 5.56 Å². The van der Waals surface area contributed by atoms with Gasteiger partial charge in [-0.25, -0.2) is 0 Å². The number of halogens is 1. The Kier molecular flexibility index (Phi) is 4.52. The van der Waals surface area contributed by atoms with Gasteiger partial charge in [0, 0.05) is 18.5 Å². The topological polar surface area (TPSA) is 79.4 Å². The van der Waals surface area contributed by atoms with Gasteiger partial charge in [0.2, 0.25) is 0 Å². The van der Waals surface area contributed by atoms with Crippen molar-refractivity contribution < 1.29 is 9.47 Å². The van der Waals surface area contributed by atoms with E-state index in [-0.39, 0.29) is 12.1 Å². The molecule has 2 N–H and O–H groups in total. The lowest BCUT2D eigenvalue weighted by atomic mass is 10.2. The van der Waals surface area contributed by atoms with Gasteiger partial charge in [0.05, 0.1) is 30.9 Å². The van der Waals surface area contributed by atoms with Crippen molar-refractivity contribution in [2.75, 3.05) is 20.0 Å². The summed E-state index contributed by atoms with van der Waals surface area (Å²) in [6.07, 6.45) is 3.21. The summed E-state index contributed by atoms with van der Waals surface area (Å²) in [4.78, 5) is 16.5. The molecule has 0 aliphatic rings. The van der Waals surface area contributed by atoms with Gasteiger partial charge in [-0.1, -0.05) is 0 Å². The molecule has 112 valence electrons. The molecule has 2 rings (SSSR count). The van der Waals surface area contributed by atoms with Crippen LogP contribution in [0, 0.1) is 6.92 Å². The molecule has 6 nitrogen and oxygen atoms in total. The van der Waals surface area contributed by atoms with Crippen molar-refractivity contribution in [2.24, 2.45) is 0 Å². The van der Waals surface area contributed by atoms with Crippen LogP contribution in [0.25, 0.3) is 0 Å². The molecule has 0 atom stereocenters. The summed E-state index contributed by atoms with van der Waals surface area (Å²) in [5.41, 5.74) is 7.58. The second-order valence-electron chi connectivity index (χ2n) is 4.45. The molecule has 0 bridgehead atoms. The molecule has 0 saturated heterocycles. The van der Waals surface area contributed by atoms with Crippen LogP contribution in [0.3, 0.4) is 0 Å². The van der Waals surface area contributed by atoms with Crippen molar-refractivity contribution in [3.8, 4) is 11.5 Å². The number of methoxy groups -OCH3 is 2. The van der Waals surface area contributed by atoms with Crippen LogP contribution in [0.1, 0.15) is 11.3 Å². The van der Waals surface area contributed by atoms with Crippen molar-refractivity contribution in [3.05, 3.63) is 44.5 Å². The average Bonchev–Trinajstić information content (AvgIpc) is 2.50. The second-order valence-corrected chi connectivity index (χ2v) is 5.24. The Morgan fingerprint density at radius 3 is 2.71 bits per heavy atom. The van der Waals surface area contributed by atoms with Gasteiger partial charge in [-0.3, -0.25) is 9.78 Å². The lowest BCUT2D eigenvalue weighted by Gasteiger charge is -2.14. The second kappa shape index (κ2) is 6.17. The monoisotopic (exact) mass is 353 g/mol. The Morgan fingerprint density at radius 1 is 1.38 bits per heavy atom. The zero-order chi connectivity index (χ0) is 15.6. The van der Waals surface area contributed by atoms with Gasteiger partial charge in [0.25, 0.3) is 5.56 Å². The van der Waals surface area contributed by atoms with Crippen molar-refractivity contribution in [2.45, 2.75) is 13.5 Å². The van der Waals surface area contributed by atoms with Crippen LogP contribution in [-0.4, -0.2) is 23.8 Å². The molecule has 2 heterocycles. The largest absolute Gasteiger partial charge is 0.493 e. The Balaban J connectivity index is 2.51. The molecule has 0 aromatic carbocycles.